The number of rotatable bonds is 7. The van der Waals surface area contributed by atoms with Gasteiger partial charge >= 0.3 is 12.1 Å². The van der Waals surface area contributed by atoms with Gasteiger partial charge in [-0.15, -0.1) is 0 Å². The van der Waals surface area contributed by atoms with E-state index in [1.54, 1.807) is 6.92 Å². The summed E-state index contributed by atoms with van der Waals surface area (Å²) < 4.78 is 11.2. The van der Waals surface area contributed by atoms with Gasteiger partial charge in [0.15, 0.2) is 5.76 Å². The molecule has 0 radical (unpaired) electrons. The maximum absolute atomic E-state index is 12.6. The lowest BCUT2D eigenvalue weighted by Crippen LogP contribution is -2.28. The molecule has 1 heterocycles. The molecule has 3 aromatic rings. The molecule has 0 spiro atoms. The van der Waals surface area contributed by atoms with Gasteiger partial charge in [0.2, 0.25) is 0 Å². The van der Waals surface area contributed by atoms with Gasteiger partial charge in [-0.1, -0.05) is 73.0 Å². The summed E-state index contributed by atoms with van der Waals surface area (Å²) in [6, 6.07) is 15.5. The van der Waals surface area contributed by atoms with Crippen molar-refractivity contribution in [1.29, 1.82) is 0 Å². The largest absolute Gasteiger partial charge is 0.481 e. The summed E-state index contributed by atoms with van der Waals surface area (Å²) in [6.45, 7) is 3.75. The quantitative estimate of drug-likeness (QED) is 0.373. The number of aliphatic carboxylic acids is 1. The highest BCUT2D eigenvalue weighted by atomic mass is 16.6. The molecule has 0 saturated heterocycles. The highest BCUT2D eigenvalue weighted by Gasteiger charge is 2.51. The van der Waals surface area contributed by atoms with E-state index in [0.29, 0.717) is 35.9 Å². The Morgan fingerprint density at radius 3 is 2.17 bits per heavy atom. The fraction of sp³-hybridized carbons (Fsp3) is 0.414. The number of benzene rings is 2. The molecule has 2 aliphatic rings. The van der Waals surface area contributed by atoms with Crippen molar-refractivity contribution in [3.05, 3.63) is 59.8 Å². The second kappa shape index (κ2) is 9.80. The summed E-state index contributed by atoms with van der Waals surface area (Å²) in [6.07, 6.45) is 6.59. The molecule has 1 aromatic heterocycles. The molecule has 36 heavy (non-hydrogen) atoms. The van der Waals surface area contributed by atoms with Crippen LogP contribution >= 0.6 is 0 Å². The van der Waals surface area contributed by atoms with Crippen LogP contribution in [0.4, 0.5) is 10.5 Å². The molecule has 188 valence electrons. The second-order valence-electron chi connectivity index (χ2n) is 10.1. The maximum Gasteiger partial charge on any atom is 0.412 e. The highest BCUT2D eigenvalue weighted by molar-refractivity contribution is 5.91. The Kier molecular flexibility index (Phi) is 6.56. The molecular formula is C29H32N2O5. The number of carbonyl (C=O) groups excluding carboxylic acids is 1. The van der Waals surface area contributed by atoms with Crippen LogP contribution in [-0.4, -0.2) is 28.4 Å². The van der Waals surface area contributed by atoms with Gasteiger partial charge in [-0.3, -0.25) is 10.1 Å². The molecule has 0 aliphatic heterocycles. The molecule has 1 atom stereocenters. The first-order valence-corrected chi connectivity index (χ1v) is 12.8. The van der Waals surface area contributed by atoms with Crippen molar-refractivity contribution >= 4 is 17.7 Å². The minimum Gasteiger partial charge on any atom is -0.481 e. The third-order valence-electron chi connectivity index (χ3n) is 7.77. The summed E-state index contributed by atoms with van der Waals surface area (Å²) in [5.74, 6) is 0.139. The summed E-state index contributed by atoms with van der Waals surface area (Å²) >= 11 is 0. The number of aromatic nitrogens is 1. The Balaban J connectivity index is 1.28. The van der Waals surface area contributed by atoms with E-state index in [2.05, 4.69) is 10.5 Å². The smallest absolute Gasteiger partial charge is 0.412 e. The molecule has 2 aliphatic carbocycles. The number of ether oxygens (including phenoxy) is 1. The van der Waals surface area contributed by atoms with Gasteiger partial charge in [-0.2, -0.15) is 0 Å². The highest BCUT2D eigenvalue weighted by Crippen LogP contribution is 2.48. The lowest BCUT2D eigenvalue weighted by atomic mass is 9.86. The molecule has 2 N–H and O–H groups in total. The number of nitrogens with one attached hydrogen (secondary N) is 1. The molecule has 1 unspecified atom stereocenters. The zero-order valence-corrected chi connectivity index (χ0v) is 20.8. The number of aryl methyl sites for hydroxylation is 1. The molecule has 7 nitrogen and oxygen atoms in total. The first-order chi connectivity index (χ1) is 17.4. The molecular weight excluding hydrogens is 456 g/mol. The van der Waals surface area contributed by atoms with Gasteiger partial charge in [0.05, 0.1) is 5.41 Å². The predicted molar refractivity (Wildman–Crippen MR) is 137 cm³/mol. The van der Waals surface area contributed by atoms with E-state index in [-0.39, 0.29) is 6.10 Å². The number of carboxylic acids is 1. The number of anilines is 1. The third kappa shape index (κ3) is 4.74. The van der Waals surface area contributed by atoms with Gasteiger partial charge in [0.25, 0.3) is 0 Å². The van der Waals surface area contributed by atoms with Crippen molar-refractivity contribution in [2.24, 2.45) is 5.92 Å². The molecule has 5 rings (SSSR count). The minimum absolute atomic E-state index is 0.134. The Morgan fingerprint density at radius 2 is 1.58 bits per heavy atom. The van der Waals surface area contributed by atoms with E-state index >= 15 is 0 Å². The molecule has 2 aromatic carbocycles. The van der Waals surface area contributed by atoms with Gasteiger partial charge in [0.1, 0.15) is 17.5 Å². The maximum atomic E-state index is 12.6. The summed E-state index contributed by atoms with van der Waals surface area (Å²) in [5, 5.41) is 16.4. The van der Waals surface area contributed by atoms with Gasteiger partial charge < -0.3 is 14.4 Å². The number of hydrogen-bond acceptors (Lipinski definition) is 5. The van der Waals surface area contributed by atoms with Crippen LogP contribution in [0, 0.1) is 12.8 Å². The number of nitrogens with zero attached hydrogens (tertiary/aromatic N) is 1. The van der Waals surface area contributed by atoms with Crippen molar-refractivity contribution in [2.45, 2.75) is 70.3 Å². The molecule has 1 amide bonds. The van der Waals surface area contributed by atoms with E-state index in [9.17, 15) is 14.7 Å². The van der Waals surface area contributed by atoms with E-state index < -0.39 is 17.5 Å². The SMILES string of the molecule is Cc1noc(-c2ccc(-c3ccc(C4(C(=O)O)CC4)cc3)cc2)c1NC(=O)OC(C)C1CCCCC1. The van der Waals surface area contributed by atoms with E-state index in [1.807, 2.05) is 55.5 Å². The van der Waals surface area contributed by atoms with Crippen LogP contribution in [-0.2, 0) is 14.9 Å². The number of amides is 1. The van der Waals surface area contributed by atoms with Gasteiger partial charge in [0, 0.05) is 5.56 Å². The zero-order chi connectivity index (χ0) is 25.3. The lowest BCUT2D eigenvalue weighted by Gasteiger charge is -2.27. The minimum atomic E-state index is -0.751. The first-order valence-electron chi connectivity index (χ1n) is 12.8. The number of carboxylic acid groups (broad SMARTS) is 1. The monoisotopic (exact) mass is 488 g/mol. The number of hydrogen-bond donors (Lipinski definition) is 2. The van der Waals surface area contributed by atoms with Gasteiger partial charge in [-0.05, 0) is 62.1 Å². The fourth-order valence-electron chi connectivity index (χ4n) is 5.26. The van der Waals surface area contributed by atoms with Crippen LogP contribution in [0.2, 0.25) is 0 Å². The Bertz CT molecular complexity index is 1240. The van der Waals surface area contributed by atoms with Crippen molar-refractivity contribution in [3.63, 3.8) is 0 Å². The van der Waals surface area contributed by atoms with Crippen molar-refractivity contribution in [2.75, 3.05) is 5.32 Å². The standard InChI is InChI=1S/C29H32N2O5/c1-18-25(30-28(34)35-19(2)20-6-4-3-5-7-20)26(36-31-18)23-10-8-21(9-11-23)22-12-14-24(15-13-22)29(16-17-29)27(32)33/h8-15,19-20H,3-7,16-17H2,1-2H3,(H,30,34)(H,32,33). The van der Waals surface area contributed by atoms with Crippen LogP contribution in [0.3, 0.4) is 0 Å². The van der Waals surface area contributed by atoms with Crippen molar-refractivity contribution in [1.82, 2.24) is 5.16 Å². The normalized spacial score (nSPS) is 17.8. The lowest BCUT2D eigenvalue weighted by molar-refractivity contribution is -0.140. The average molecular weight is 489 g/mol. The van der Waals surface area contributed by atoms with Crippen molar-refractivity contribution < 1.29 is 24.0 Å². The van der Waals surface area contributed by atoms with E-state index in [4.69, 9.17) is 9.26 Å². The van der Waals surface area contributed by atoms with Gasteiger partial charge in [-0.25, -0.2) is 4.79 Å². The van der Waals surface area contributed by atoms with Crippen LogP contribution < -0.4 is 5.32 Å². The Labute approximate surface area is 210 Å². The van der Waals surface area contributed by atoms with E-state index in [1.165, 1.54) is 19.3 Å². The molecule has 7 heteroatoms. The van der Waals surface area contributed by atoms with Crippen LogP contribution in [0.1, 0.15) is 63.1 Å². The predicted octanol–water partition coefficient (Wildman–Crippen LogP) is 6.95. The fourth-order valence-corrected chi connectivity index (χ4v) is 5.26. The van der Waals surface area contributed by atoms with E-state index in [0.717, 1.165) is 35.1 Å². The third-order valence-corrected chi connectivity index (χ3v) is 7.77. The number of carbonyl (C=O) groups is 2. The zero-order valence-electron chi connectivity index (χ0n) is 20.8. The molecule has 2 saturated carbocycles. The van der Waals surface area contributed by atoms with Crippen molar-refractivity contribution in [3.8, 4) is 22.5 Å². The molecule has 0 bridgehead atoms. The Morgan fingerprint density at radius 1 is 1.00 bits per heavy atom. The van der Waals surface area contributed by atoms with Crippen LogP contribution in [0.25, 0.3) is 22.5 Å². The first kappa shape index (κ1) is 24.1. The average Bonchev–Trinajstić information content (AvgIpc) is 3.64. The topological polar surface area (TPSA) is 102 Å². The van der Waals surface area contributed by atoms with Crippen LogP contribution in [0.15, 0.2) is 53.1 Å². The van der Waals surface area contributed by atoms with Crippen LogP contribution in [0.5, 0.6) is 0 Å². The summed E-state index contributed by atoms with van der Waals surface area (Å²) in [5.41, 5.74) is 4.03. The summed E-state index contributed by atoms with van der Waals surface area (Å²) in [7, 11) is 0. The molecule has 2 fully saturated rings. The second-order valence-corrected chi connectivity index (χ2v) is 10.1. The summed E-state index contributed by atoms with van der Waals surface area (Å²) in [4.78, 5) is 24.2. The Hall–Kier alpha value is -3.61.